The summed E-state index contributed by atoms with van der Waals surface area (Å²) in [4.78, 5) is 22.0. The molecule has 7 nitrogen and oxygen atoms in total. The lowest BCUT2D eigenvalue weighted by molar-refractivity contribution is -0.274. The lowest BCUT2D eigenvalue weighted by Gasteiger charge is -2.37. The van der Waals surface area contributed by atoms with E-state index in [2.05, 4.69) is 15.0 Å². The van der Waals surface area contributed by atoms with E-state index in [0.29, 0.717) is 5.56 Å². The number of aromatic nitrogens is 3. The quantitative estimate of drug-likeness (QED) is 0.438. The first kappa shape index (κ1) is 24.7. The molecule has 0 saturated carbocycles. The Bertz CT molecular complexity index is 1160. The molecule has 0 aliphatic carbocycles. The van der Waals surface area contributed by atoms with Gasteiger partial charge in [-0.1, -0.05) is 42.3 Å². The van der Waals surface area contributed by atoms with E-state index in [0.717, 1.165) is 30.7 Å². The number of hydrogen-bond donors (Lipinski definition) is 2. The molecular formula is C21H16Cl2F3N3O4. The molecule has 0 unspecified atom stereocenters. The van der Waals surface area contributed by atoms with Crippen LogP contribution in [-0.4, -0.2) is 37.3 Å². The second-order valence-electron chi connectivity index (χ2n) is 7.06. The molecule has 2 atom stereocenters. The van der Waals surface area contributed by atoms with E-state index < -0.39 is 29.2 Å². The molecule has 0 saturated heterocycles. The lowest BCUT2D eigenvalue weighted by Crippen LogP contribution is -2.46. The van der Waals surface area contributed by atoms with Crippen LogP contribution in [-0.2, 0) is 12.2 Å². The van der Waals surface area contributed by atoms with Gasteiger partial charge in [0.05, 0.1) is 5.56 Å². The van der Waals surface area contributed by atoms with Gasteiger partial charge >= 0.3 is 18.2 Å². The fourth-order valence-electron chi connectivity index (χ4n) is 3.18. The number of hydrogen-bond acceptors (Lipinski definition) is 6. The van der Waals surface area contributed by atoms with Crippen molar-refractivity contribution in [3.63, 3.8) is 0 Å². The van der Waals surface area contributed by atoms with Crippen LogP contribution in [0.5, 0.6) is 6.01 Å². The topological polar surface area (TPSA) is 105 Å². The lowest BCUT2D eigenvalue weighted by atomic mass is 9.78. The van der Waals surface area contributed by atoms with E-state index in [1.807, 2.05) is 0 Å². The van der Waals surface area contributed by atoms with E-state index in [1.165, 1.54) is 25.1 Å². The predicted molar refractivity (Wildman–Crippen MR) is 112 cm³/mol. The minimum Gasteiger partial charge on any atom is -0.478 e. The Labute approximate surface area is 195 Å². The predicted octanol–water partition coefficient (Wildman–Crippen LogP) is 5.01. The van der Waals surface area contributed by atoms with Gasteiger partial charge in [0.1, 0.15) is 11.8 Å². The van der Waals surface area contributed by atoms with E-state index in [-0.39, 0.29) is 33.9 Å². The van der Waals surface area contributed by atoms with E-state index in [9.17, 15) is 23.1 Å². The molecule has 0 radical (unpaired) electrons. The van der Waals surface area contributed by atoms with Crippen LogP contribution in [0.25, 0.3) is 0 Å². The van der Waals surface area contributed by atoms with Crippen LogP contribution >= 0.6 is 23.2 Å². The number of ether oxygens (including phenoxy) is 1. The highest BCUT2D eigenvalue weighted by molar-refractivity contribution is 6.31. The molecule has 3 rings (SSSR count). The summed E-state index contributed by atoms with van der Waals surface area (Å²) in [5, 5.41) is 19.5. The average Bonchev–Trinajstić information content (AvgIpc) is 2.76. The van der Waals surface area contributed by atoms with Crippen LogP contribution in [0.15, 0.2) is 48.9 Å². The van der Waals surface area contributed by atoms with Crippen molar-refractivity contribution in [1.82, 2.24) is 15.0 Å². The molecular weight excluding hydrogens is 486 g/mol. The minimum atomic E-state index is -5.04. The number of aliphatic hydroxyl groups is 1. The van der Waals surface area contributed by atoms with Crippen molar-refractivity contribution in [3.8, 4) is 6.01 Å². The van der Waals surface area contributed by atoms with Crippen LogP contribution in [0.1, 0.15) is 39.9 Å². The summed E-state index contributed by atoms with van der Waals surface area (Å²) in [6.45, 7) is 1.13. The fraction of sp³-hybridized carbons (Fsp3) is 0.238. The summed E-state index contributed by atoms with van der Waals surface area (Å²) in [5.74, 6) is -2.68. The molecule has 0 aliphatic rings. The van der Waals surface area contributed by atoms with E-state index in [4.69, 9.17) is 33.0 Å². The van der Waals surface area contributed by atoms with Gasteiger partial charge in [-0.05, 0) is 34.9 Å². The number of halogens is 5. The van der Waals surface area contributed by atoms with Gasteiger partial charge in [-0.3, -0.25) is 0 Å². The van der Waals surface area contributed by atoms with Crippen LogP contribution in [0.3, 0.4) is 0 Å². The van der Waals surface area contributed by atoms with Gasteiger partial charge in [0, 0.05) is 29.5 Å². The summed E-state index contributed by atoms with van der Waals surface area (Å²) < 4.78 is 47.4. The molecule has 2 aromatic heterocycles. The minimum absolute atomic E-state index is 0.0198. The normalized spacial score (nSPS) is 14.4. The van der Waals surface area contributed by atoms with Gasteiger partial charge in [0.25, 0.3) is 0 Å². The third-order valence-electron chi connectivity index (χ3n) is 5.00. The van der Waals surface area contributed by atoms with Gasteiger partial charge in [0.15, 0.2) is 5.60 Å². The third kappa shape index (κ3) is 5.18. The second-order valence-corrected chi connectivity index (χ2v) is 7.85. The molecule has 2 heterocycles. The molecule has 0 spiro atoms. The summed E-state index contributed by atoms with van der Waals surface area (Å²) in [6, 6.07) is 6.16. The Hall–Kier alpha value is -2.95. The first-order valence-corrected chi connectivity index (χ1v) is 10.1. The number of aromatic carboxylic acids is 1. The molecule has 0 amide bonds. The van der Waals surface area contributed by atoms with Gasteiger partial charge in [-0.15, -0.1) is 0 Å². The maximum Gasteiger partial charge on any atom is 0.422 e. The summed E-state index contributed by atoms with van der Waals surface area (Å²) in [5.41, 5.74) is -3.31. The van der Waals surface area contributed by atoms with Gasteiger partial charge in [-0.25, -0.2) is 19.7 Å². The van der Waals surface area contributed by atoms with E-state index in [1.54, 1.807) is 0 Å². The molecule has 0 fully saturated rings. The van der Waals surface area contributed by atoms with Crippen molar-refractivity contribution in [1.29, 1.82) is 0 Å². The number of benzene rings is 1. The first-order chi connectivity index (χ1) is 15.4. The first-order valence-electron chi connectivity index (χ1n) is 9.31. The van der Waals surface area contributed by atoms with Gasteiger partial charge in [0.2, 0.25) is 0 Å². The van der Waals surface area contributed by atoms with Crippen LogP contribution in [0.4, 0.5) is 13.2 Å². The highest BCUT2D eigenvalue weighted by atomic mass is 35.5. The molecule has 174 valence electrons. The fourth-order valence-corrected chi connectivity index (χ4v) is 3.73. The average molecular weight is 502 g/mol. The maximum atomic E-state index is 14.0. The molecule has 1 aromatic carbocycles. The zero-order valence-electron chi connectivity index (χ0n) is 16.8. The molecule has 2 N–H and O–H groups in total. The molecule has 12 heteroatoms. The SMILES string of the molecule is C[C@H](c1ccc(COc2ncc(C(=O)O)cn2)cc1Cl)[C@@](O)(c1ccnc(Cl)c1)C(F)(F)F. The van der Waals surface area contributed by atoms with Crippen molar-refractivity contribution < 1.29 is 32.9 Å². The number of alkyl halides is 3. The third-order valence-corrected chi connectivity index (χ3v) is 5.53. The van der Waals surface area contributed by atoms with Crippen molar-refractivity contribution in [2.24, 2.45) is 0 Å². The molecule has 3 aromatic rings. The maximum absolute atomic E-state index is 14.0. The molecule has 0 bridgehead atoms. The van der Waals surface area contributed by atoms with Gasteiger partial charge in [-0.2, -0.15) is 13.2 Å². The molecule has 0 aliphatic heterocycles. The molecule has 33 heavy (non-hydrogen) atoms. The van der Waals surface area contributed by atoms with Gasteiger partial charge < -0.3 is 14.9 Å². The van der Waals surface area contributed by atoms with E-state index >= 15 is 0 Å². The number of rotatable bonds is 7. The Balaban J connectivity index is 1.84. The largest absolute Gasteiger partial charge is 0.478 e. The number of nitrogens with zero attached hydrogens (tertiary/aromatic N) is 3. The highest BCUT2D eigenvalue weighted by Gasteiger charge is 2.59. The second kappa shape index (κ2) is 9.50. The van der Waals surface area contributed by atoms with Crippen LogP contribution in [0.2, 0.25) is 10.2 Å². The number of carboxylic acids is 1. The Morgan fingerprint density at radius 2 is 1.79 bits per heavy atom. The smallest absolute Gasteiger partial charge is 0.422 e. The summed E-state index contributed by atoms with van der Waals surface area (Å²) >= 11 is 12.0. The van der Waals surface area contributed by atoms with Crippen molar-refractivity contribution in [2.75, 3.05) is 0 Å². The van der Waals surface area contributed by atoms with Crippen molar-refractivity contribution >= 4 is 29.2 Å². The van der Waals surface area contributed by atoms with Crippen LogP contribution < -0.4 is 4.74 Å². The van der Waals surface area contributed by atoms with Crippen LogP contribution in [0, 0.1) is 0 Å². The Morgan fingerprint density at radius 3 is 2.33 bits per heavy atom. The Morgan fingerprint density at radius 1 is 1.12 bits per heavy atom. The number of carboxylic acid groups (broad SMARTS) is 1. The monoisotopic (exact) mass is 501 g/mol. The zero-order valence-corrected chi connectivity index (χ0v) is 18.4. The zero-order chi connectivity index (χ0) is 24.4. The summed E-state index contributed by atoms with van der Waals surface area (Å²) in [7, 11) is 0. The van der Waals surface area contributed by atoms with Crippen molar-refractivity contribution in [3.05, 3.63) is 81.4 Å². The standard InChI is InChI=1S/C21H16Cl2F3N3O4/c1-11(20(32,21(24,25)26)14-4-5-27-17(23)7-14)15-3-2-12(6-16(15)22)10-33-19-28-8-13(9-29-19)18(30)31/h2-9,11,32H,10H2,1H3,(H,30,31)/t11-,20-/m1/s1. The Kier molecular flexibility index (Phi) is 7.11. The highest BCUT2D eigenvalue weighted by Crippen LogP contribution is 2.49. The van der Waals surface area contributed by atoms with Crippen molar-refractivity contribution in [2.45, 2.75) is 31.2 Å². The number of carbonyl (C=O) groups is 1. The summed E-state index contributed by atoms with van der Waals surface area (Å²) in [6.07, 6.45) is -1.81. The number of pyridine rings is 1.